The van der Waals surface area contributed by atoms with Crippen molar-refractivity contribution in [1.29, 1.82) is 0 Å². The molecule has 0 radical (unpaired) electrons. The molecular weight excluding hydrogens is 468 g/mol. The van der Waals surface area contributed by atoms with E-state index < -0.39 is 0 Å². The van der Waals surface area contributed by atoms with Crippen LogP contribution in [0.1, 0.15) is 50.2 Å². The summed E-state index contributed by atoms with van der Waals surface area (Å²) in [7, 11) is 3.50. The Balaban J connectivity index is 1.22. The van der Waals surface area contributed by atoms with Gasteiger partial charge in [-0.25, -0.2) is 0 Å². The van der Waals surface area contributed by atoms with E-state index in [4.69, 9.17) is 4.74 Å². The van der Waals surface area contributed by atoms with Gasteiger partial charge in [0.15, 0.2) is 0 Å². The first-order valence-electron chi connectivity index (χ1n) is 13.4. The van der Waals surface area contributed by atoms with Gasteiger partial charge in [0.2, 0.25) is 5.91 Å². The van der Waals surface area contributed by atoms with Crippen LogP contribution < -0.4 is 5.32 Å². The topological polar surface area (TPSA) is 48.1 Å². The zero-order chi connectivity index (χ0) is 25.5. The van der Waals surface area contributed by atoms with Crippen LogP contribution in [0.15, 0.2) is 48.7 Å². The molecule has 4 rings (SSSR count). The molecule has 3 atom stereocenters. The summed E-state index contributed by atoms with van der Waals surface area (Å²) in [5, 5.41) is 3.26. The molecule has 1 aromatic carbocycles. The number of carbonyl (C=O) groups excluding carboxylic acids is 1. The van der Waals surface area contributed by atoms with Crippen LogP contribution in [0.25, 0.3) is 0 Å². The minimum atomic E-state index is 0.0127. The van der Waals surface area contributed by atoms with Gasteiger partial charge >= 0.3 is 0 Å². The molecular formula is C29H44N4O2S. The highest BCUT2D eigenvalue weighted by Crippen LogP contribution is 2.35. The lowest BCUT2D eigenvalue weighted by Crippen LogP contribution is -2.56. The SMILES string of the molecule is CNC(=O)C1C=CN(SC2C=CC(c3ccc(CN4CCN(C(C)(C)COC)CC4)cc3)CC2)CC1. The molecule has 1 amide bonds. The van der Waals surface area contributed by atoms with E-state index in [1.165, 1.54) is 24.0 Å². The first kappa shape index (κ1) is 27.2. The Morgan fingerprint density at radius 1 is 1.03 bits per heavy atom. The fourth-order valence-corrected chi connectivity index (χ4v) is 6.65. The van der Waals surface area contributed by atoms with E-state index in [1.54, 1.807) is 14.2 Å². The average molecular weight is 513 g/mol. The molecule has 198 valence electrons. The zero-order valence-electron chi connectivity index (χ0n) is 22.5. The average Bonchev–Trinajstić information content (AvgIpc) is 2.90. The van der Waals surface area contributed by atoms with Gasteiger partial charge in [-0.05, 0) is 56.2 Å². The van der Waals surface area contributed by atoms with E-state index in [2.05, 4.69) is 75.9 Å². The molecule has 2 heterocycles. The summed E-state index contributed by atoms with van der Waals surface area (Å²) in [5.41, 5.74) is 2.94. The zero-order valence-corrected chi connectivity index (χ0v) is 23.3. The lowest BCUT2D eigenvalue weighted by molar-refractivity contribution is -0.123. The van der Waals surface area contributed by atoms with Crippen molar-refractivity contribution in [2.45, 2.75) is 56.4 Å². The van der Waals surface area contributed by atoms with E-state index in [0.717, 1.165) is 52.3 Å². The van der Waals surface area contributed by atoms with Gasteiger partial charge in [-0.1, -0.05) is 42.5 Å². The van der Waals surface area contributed by atoms with Crippen molar-refractivity contribution in [1.82, 2.24) is 19.4 Å². The molecule has 3 aliphatic rings. The lowest BCUT2D eigenvalue weighted by atomic mass is 9.89. The number of ether oxygens (including phenoxy) is 1. The standard InChI is InChI=1S/C29H44N4O2S/c1-29(2,22-35-4)32-19-17-31(18-20-32)21-23-5-7-24(8-6-23)25-9-11-27(12-10-25)36-33-15-13-26(14-16-33)28(34)30-3/h5-9,11,13,15,25-27H,10,12,14,16-22H2,1-4H3,(H,30,34). The maximum atomic E-state index is 11.8. The van der Waals surface area contributed by atoms with Crippen molar-refractivity contribution in [3.8, 4) is 0 Å². The Morgan fingerprint density at radius 3 is 2.36 bits per heavy atom. The summed E-state index contributed by atoms with van der Waals surface area (Å²) >= 11 is 1.90. The minimum Gasteiger partial charge on any atom is -0.383 e. The quantitative estimate of drug-likeness (QED) is 0.394. The van der Waals surface area contributed by atoms with Crippen LogP contribution in [0.3, 0.4) is 0 Å². The molecule has 1 fully saturated rings. The maximum Gasteiger partial charge on any atom is 0.226 e. The molecule has 7 heteroatoms. The molecule has 0 aromatic heterocycles. The molecule has 0 spiro atoms. The third kappa shape index (κ3) is 7.15. The Morgan fingerprint density at radius 2 is 1.78 bits per heavy atom. The van der Waals surface area contributed by atoms with Gasteiger partial charge in [0, 0.05) is 76.3 Å². The van der Waals surface area contributed by atoms with Crippen LogP contribution in [0, 0.1) is 5.92 Å². The molecule has 3 unspecified atom stereocenters. The minimum absolute atomic E-state index is 0.0127. The van der Waals surface area contributed by atoms with E-state index in [9.17, 15) is 4.79 Å². The third-order valence-corrected chi connectivity index (χ3v) is 9.10. The molecule has 2 aliphatic heterocycles. The molecule has 0 saturated carbocycles. The van der Waals surface area contributed by atoms with Crippen LogP contribution in [0.5, 0.6) is 0 Å². The van der Waals surface area contributed by atoms with Gasteiger partial charge in [-0.15, -0.1) is 0 Å². The normalized spacial score (nSPS) is 25.8. The highest BCUT2D eigenvalue weighted by molar-refractivity contribution is 7.97. The van der Waals surface area contributed by atoms with Crippen molar-refractivity contribution in [2.24, 2.45) is 5.92 Å². The molecule has 1 saturated heterocycles. The van der Waals surface area contributed by atoms with E-state index >= 15 is 0 Å². The van der Waals surface area contributed by atoms with E-state index in [0.29, 0.717) is 11.2 Å². The van der Waals surface area contributed by atoms with Gasteiger partial charge in [0.05, 0.1) is 12.5 Å². The van der Waals surface area contributed by atoms with Crippen molar-refractivity contribution in [2.75, 3.05) is 53.5 Å². The van der Waals surface area contributed by atoms with E-state index in [1.807, 2.05) is 18.0 Å². The number of allylic oxidation sites excluding steroid dienone is 1. The van der Waals surface area contributed by atoms with Gasteiger partial charge in [0.1, 0.15) is 0 Å². The number of hydrogen-bond donors (Lipinski definition) is 1. The highest BCUT2D eigenvalue weighted by Gasteiger charge is 2.30. The largest absolute Gasteiger partial charge is 0.383 e. The van der Waals surface area contributed by atoms with Gasteiger partial charge < -0.3 is 14.4 Å². The summed E-state index contributed by atoms with van der Waals surface area (Å²) in [5.74, 6) is 0.641. The van der Waals surface area contributed by atoms with Crippen LogP contribution in [0.2, 0.25) is 0 Å². The Bertz CT molecular complexity index is 908. The first-order valence-corrected chi connectivity index (χ1v) is 14.3. The predicted octanol–water partition coefficient (Wildman–Crippen LogP) is 4.26. The van der Waals surface area contributed by atoms with Crippen LogP contribution in [0.4, 0.5) is 0 Å². The monoisotopic (exact) mass is 512 g/mol. The number of nitrogens with zero attached hydrogens (tertiary/aromatic N) is 3. The number of rotatable bonds is 9. The van der Waals surface area contributed by atoms with Gasteiger partial charge in [0.25, 0.3) is 0 Å². The van der Waals surface area contributed by atoms with Crippen molar-refractivity contribution in [3.63, 3.8) is 0 Å². The van der Waals surface area contributed by atoms with Crippen molar-refractivity contribution in [3.05, 3.63) is 59.8 Å². The molecule has 6 nitrogen and oxygen atoms in total. The second-order valence-electron chi connectivity index (χ2n) is 11.0. The summed E-state index contributed by atoms with van der Waals surface area (Å²) in [4.78, 5) is 16.9. The third-order valence-electron chi connectivity index (χ3n) is 7.86. The Hall–Kier alpha value is -1.80. The fourth-order valence-electron chi connectivity index (χ4n) is 5.55. The molecule has 1 aromatic rings. The summed E-state index contributed by atoms with van der Waals surface area (Å²) in [6, 6.07) is 9.32. The predicted molar refractivity (Wildman–Crippen MR) is 150 cm³/mol. The Kier molecular flexibility index (Phi) is 9.56. The Labute approximate surface area is 222 Å². The highest BCUT2D eigenvalue weighted by atomic mass is 32.2. The van der Waals surface area contributed by atoms with Gasteiger partial charge in [-0.3, -0.25) is 14.6 Å². The molecule has 0 bridgehead atoms. The number of amides is 1. The lowest BCUT2D eigenvalue weighted by Gasteiger charge is -2.43. The van der Waals surface area contributed by atoms with Crippen molar-refractivity contribution >= 4 is 17.9 Å². The smallest absolute Gasteiger partial charge is 0.226 e. The van der Waals surface area contributed by atoms with Crippen LogP contribution >= 0.6 is 11.9 Å². The number of methoxy groups -OCH3 is 1. The second kappa shape index (κ2) is 12.6. The van der Waals surface area contributed by atoms with Crippen molar-refractivity contribution < 1.29 is 9.53 Å². The van der Waals surface area contributed by atoms with Crippen LogP contribution in [-0.4, -0.2) is 84.3 Å². The van der Waals surface area contributed by atoms with Crippen LogP contribution in [-0.2, 0) is 16.1 Å². The number of carbonyl (C=O) groups is 1. The number of hydrogen-bond acceptors (Lipinski definition) is 6. The fraction of sp³-hybridized carbons (Fsp3) is 0.621. The second-order valence-corrected chi connectivity index (χ2v) is 12.2. The van der Waals surface area contributed by atoms with Gasteiger partial charge in [-0.2, -0.15) is 0 Å². The number of piperazine rings is 1. The summed E-state index contributed by atoms with van der Waals surface area (Å²) < 4.78 is 7.71. The first-order chi connectivity index (χ1) is 17.4. The van der Waals surface area contributed by atoms with E-state index in [-0.39, 0.29) is 17.4 Å². The maximum absolute atomic E-state index is 11.8. The summed E-state index contributed by atoms with van der Waals surface area (Å²) in [6.07, 6.45) is 12.2. The summed E-state index contributed by atoms with van der Waals surface area (Å²) in [6.45, 7) is 11.7. The molecule has 36 heavy (non-hydrogen) atoms. The number of benzene rings is 1. The molecule has 1 aliphatic carbocycles. The molecule has 1 N–H and O–H groups in total. The number of nitrogens with one attached hydrogen (secondary N) is 1.